The van der Waals surface area contributed by atoms with E-state index in [4.69, 9.17) is 0 Å². The third kappa shape index (κ3) is 3.82. The lowest BCUT2D eigenvalue weighted by Crippen LogP contribution is -2.22. The average molecular weight is 428 g/mol. The first-order valence-electron chi connectivity index (χ1n) is 7.69. The van der Waals surface area contributed by atoms with E-state index in [1.54, 1.807) is 0 Å². The van der Waals surface area contributed by atoms with Gasteiger partial charge in [-0.05, 0) is 52.8 Å². The molecule has 120 valence electrons. The van der Waals surface area contributed by atoms with Crippen molar-refractivity contribution in [2.24, 2.45) is 0 Å². The first-order valence-corrected chi connectivity index (χ1v) is 8.77. The van der Waals surface area contributed by atoms with Gasteiger partial charge in [0.1, 0.15) is 5.82 Å². The summed E-state index contributed by atoms with van der Waals surface area (Å²) in [7, 11) is 0. The van der Waals surface area contributed by atoms with Gasteiger partial charge in [-0.25, -0.2) is 4.98 Å². The van der Waals surface area contributed by atoms with Crippen molar-refractivity contribution in [2.75, 3.05) is 5.32 Å². The van der Waals surface area contributed by atoms with E-state index in [1.807, 2.05) is 79.7 Å². The largest absolute Gasteiger partial charge is 0.310 e. The number of benzene rings is 2. The second-order valence-electron chi connectivity index (χ2n) is 5.51. The van der Waals surface area contributed by atoms with E-state index in [9.17, 15) is 4.79 Å². The minimum atomic E-state index is -0.367. The van der Waals surface area contributed by atoms with E-state index in [0.29, 0.717) is 5.82 Å². The molecule has 0 bridgehead atoms. The van der Waals surface area contributed by atoms with Crippen LogP contribution in [0.5, 0.6) is 0 Å². The molecular formula is C20H17IN2O. The Labute approximate surface area is 155 Å². The lowest BCUT2D eigenvalue weighted by molar-refractivity contribution is -0.116. The lowest BCUT2D eigenvalue weighted by atomic mass is 9.90. The number of nitrogens with one attached hydrogen (secondary N) is 1. The molecule has 1 amide bonds. The van der Waals surface area contributed by atoms with Gasteiger partial charge in [-0.2, -0.15) is 0 Å². The molecule has 0 saturated carbocycles. The van der Waals surface area contributed by atoms with Gasteiger partial charge >= 0.3 is 0 Å². The summed E-state index contributed by atoms with van der Waals surface area (Å²) in [6.07, 6.45) is 0. The van der Waals surface area contributed by atoms with Gasteiger partial charge < -0.3 is 5.32 Å². The van der Waals surface area contributed by atoms with E-state index in [0.717, 1.165) is 20.4 Å². The number of hydrogen-bond acceptors (Lipinski definition) is 2. The van der Waals surface area contributed by atoms with E-state index in [2.05, 4.69) is 32.9 Å². The Kier molecular flexibility index (Phi) is 5.25. The molecule has 0 atom stereocenters. The molecular weight excluding hydrogens is 411 g/mol. The normalized spacial score (nSPS) is 10.6. The molecule has 3 nitrogen and oxygen atoms in total. The van der Waals surface area contributed by atoms with Crippen molar-refractivity contribution in [2.45, 2.75) is 12.8 Å². The number of rotatable bonds is 4. The number of carbonyl (C=O) groups is 1. The van der Waals surface area contributed by atoms with Crippen LogP contribution in [-0.4, -0.2) is 10.9 Å². The number of carbonyl (C=O) groups excluding carboxylic acids is 1. The van der Waals surface area contributed by atoms with Crippen molar-refractivity contribution in [3.05, 3.63) is 93.2 Å². The number of hydrogen-bond donors (Lipinski definition) is 1. The summed E-state index contributed by atoms with van der Waals surface area (Å²) >= 11 is 2.23. The highest BCUT2D eigenvalue weighted by Crippen LogP contribution is 2.26. The first kappa shape index (κ1) is 16.6. The summed E-state index contributed by atoms with van der Waals surface area (Å²) in [5, 5.41) is 2.95. The third-order valence-corrected chi connectivity index (χ3v) is 4.94. The second kappa shape index (κ2) is 7.57. The summed E-state index contributed by atoms with van der Waals surface area (Å²) in [5.74, 6) is 0.129. The molecule has 0 radical (unpaired) electrons. The van der Waals surface area contributed by atoms with Crippen molar-refractivity contribution < 1.29 is 4.79 Å². The fourth-order valence-electron chi connectivity index (χ4n) is 2.60. The zero-order valence-corrected chi connectivity index (χ0v) is 15.4. The number of halogens is 1. The van der Waals surface area contributed by atoms with E-state index in [1.165, 1.54) is 0 Å². The van der Waals surface area contributed by atoms with Gasteiger partial charge in [0.25, 0.3) is 0 Å². The molecule has 0 aliphatic rings. The lowest BCUT2D eigenvalue weighted by Gasteiger charge is -2.18. The van der Waals surface area contributed by atoms with Gasteiger partial charge in [-0.1, -0.05) is 60.7 Å². The molecule has 1 aromatic heterocycles. The van der Waals surface area contributed by atoms with Gasteiger partial charge in [-0.3, -0.25) is 4.79 Å². The van der Waals surface area contributed by atoms with Crippen molar-refractivity contribution >= 4 is 34.3 Å². The minimum Gasteiger partial charge on any atom is -0.310 e. The molecule has 0 fully saturated rings. The van der Waals surface area contributed by atoms with Gasteiger partial charge in [0.15, 0.2) is 0 Å². The fraction of sp³-hybridized carbons (Fsp3) is 0.100. The van der Waals surface area contributed by atoms with Gasteiger partial charge in [0.2, 0.25) is 5.91 Å². The predicted molar refractivity (Wildman–Crippen MR) is 105 cm³/mol. The van der Waals surface area contributed by atoms with Crippen LogP contribution in [0.25, 0.3) is 0 Å². The minimum absolute atomic E-state index is 0.0829. The van der Waals surface area contributed by atoms with Gasteiger partial charge in [-0.15, -0.1) is 0 Å². The summed E-state index contributed by atoms with van der Waals surface area (Å²) in [4.78, 5) is 17.4. The number of nitrogens with zero attached hydrogens (tertiary/aromatic N) is 1. The van der Waals surface area contributed by atoms with E-state index in [-0.39, 0.29) is 11.8 Å². The second-order valence-corrected chi connectivity index (χ2v) is 6.67. The standard InChI is InChI=1S/C20H17IN2O/c1-14-17(21)12-13-18(22-14)23-20(24)19(15-8-4-2-5-9-15)16-10-6-3-7-11-16/h2-13,19H,1H3,(H,22,23,24). The first-order chi connectivity index (χ1) is 11.6. The van der Waals surface area contributed by atoms with Crippen LogP contribution in [0.4, 0.5) is 5.82 Å². The van der Waals surface area contributed by atoms with Crippen LogP contribution in [-0.2, 0) is 4.79 Å². The Balaban J connectivity index is 1.93. The van der Waals surface area contributed by atoms with Crippen LogP contribution in [0.3, 0.4) is 0 Å². The number of amides is 1. The molecule has 0 aliphatic heterocycles. The van der Waals surface area contributed by atoms with Crippen molar-refractivity contribution in [3.63, 3.8) is 0 Å². The topological polar surface area (TPSA) is 42.0 Å². The molecule has 3 aromatic rings. The predicted octanol–water partition coefficient (Wildman–Crippen LogP) is 4.77. The molecule has 0 spiro atoms. The number of anilines is 1. The number of pyridine rings is 1. The smallest absolute Gasteiger partial charge is 0.237 e. The monoisotopic (exact) mass is 428 g/mol. The maximum atomic E-state index is 13.0. The van der Waals surface area contributed by atoms with Crippen LogP contribution < -0.4 is 5.32 Å². The zero-order chi connectivity index (χ0) is 16.9. The molecule has 4 heteroatoms. The number of aromatic nitrogens is 1. The van der Waals surface area contributed by atoms with Crippen molar-refractivity contribution in [1.82, 2.24) is 4.98 Å². The molecule has 0 saturated heterocycles. The van der Waals surface area contributed by atoms with Crippen LogP contribution in [0.1, 0.15) is 22.7 Å². The summed E-state index contributed by atoms with van der Waals surface area (Å²) in [6, 6.07) is 23.4. The maximum absolute atomic E-state index is 13.0. The molecule has 0 unspecified atom stereocenters. The third-order valence-electron chi connectivity index (χ3n) is 3.80. The average Bonchev–Trinajstić information content (AvgIpc) is 2.60. The Morgan fingerprint density at radius 2 is 1.46 bits per heavy atom. The zero-order valence-electron chi connectivity index (χ0n) is 13.2. The molecule has 1 heterocycles. The van der Waals surface area contributed by atoms with Crippen LogP contribution in [0.15, 0.2) is 72.8 Å². The van der Waals surface area contributed by atoms with E-state index >= 15 is 0 Å². The Morgan fingerprint density at radius 1 is 0.917 bits per heavy atom. The number of aryl methyl sites for hydroxylation is 1. The van der Waals surface area contributed by atoms with Gasteiger partial charge in [0.05, 0.1) is 11.6 Å². The van der Waals surface area contributed by atoms with Gasteiger partial charge in [0, 0.05) is 3.57 Å². The fourth-order valence-corrected chi connectivity index (χ4v) is 2.90. The van der Waals surface area contributed by atoms with Crippen LogP contribution >= 0.6 is 22.6 Å². The Morgan fingerprint density at radius 3 is 1.96 bits per heavy atom. The SMILES string of the molecule is Cc1nc(NC(=O)C(c2ccccc2)c2ccccc2)ccc1I. The summed E-state index contributed by atoms with van der Waals surface area (Å²) < 4.78 is 1.08. The molecule has 2 aromatic carbocycles. The summed E-state index contributed by atoms with van der Waals surface area (Å²) in [5.41, 5.74) is 2.83. The van der Waals surface area contributed by atoms with Crippen LogP contribution in [0, 0.1) is 10.5 Å². The highest BCUT2D eigenvalue weighted by molar-refractivity contribution is 14.1. The summed E-state index contributed by atoms with van der Waals surface area (Å²) in [6.45, 7) is 1.93. The molecule has 3 rings (SSSR count). The van der Waals surface area contributed by atoms with Crippen LogP contribution in [0.2, 0.25) is 0 Å². The van der Waals surface area contributed by atoms with Crippen molar-refractivity contribution in [3.8, 4) is 0 Å². The highest BCUT2D eigenvalue weighted by atomic mass is 127. The molecule has 24 heavy (non-hydrogen) atoms. The maximum Gasteiger partial charge on any atom is 0.237 e. The Bertz CT molecular complexity index is 795. The quantitative estimate of drug-likeness (QED) is 0.609. The molecule has 1 N–H and O–H groups in total. The molecule has 0 aliphatic carbocycles. The Hall–Kier alpha value is -2.21. The highest BCUT2D eigenvalue weighted by Gasteiger charge is 2.23. The van der Waals surface area contributed by atoms with Crippen molar-refractivity contribution in [1.29, 1.82) is 0 Å². The van der Waals surface area contributed by atoms with E-state index < -0.39 is 0 Å².